The minimum Gasteiger partial charge on any atom is -0.394 e. The zero-order chi connectivity index (χ0) is 14.1. The van der Waals surface area contributed by atoms with Crippen molar-refractivity contribution in [2.75, 3.05) is 26.7 Å². The van der Waals surface area contributed by atoms with Gasteiger partial charge in [0, 0.05) is 18.8 Å². The monoisotopic (exact) mass is 269 g/mol. The molecule has 0 radical (unpaired) electrons. The summed E-state index contributed by atoms with van der Waals surface area (Å²) in [6, 6.07) is 0.620. The van der Waals surface area contributed by atoms with E-state index in [2.05, 4.69) is 41.4 Å². The summed E-state index contributed by atoms with van der Waals surface area (Å²) in [7, 11) is 2.16. The van der Waals surface area contributed by atoms with Crippen LogP contribution in [0, 0.1) is 0 Å². The summed E-state index contributed by atoms with van der Waals surface area (Å²) in [6.07, 6.45) is 4.25. The van der Waals surface area contributed by atoms with Crippen LogP contribution in [-0.4, -0.2) is 57.8 Å². The molecule has 0 atom stereocenters. The third-order valence-electron chi connectivity index (χ3n) is 3.22. The summed E-state index contributed by atoms with van der Waals surface area (Å²) in [5.74, 6) is 0. The van der Waals surface area contributed by atoms with Crippen LogP contribution < -0.4 is 5.32 Å². The molecule has 1 heterocycles. The maximum Gasteiger partial charge on any atom is 0.0964 e. The molecule has 0 aromatic carbocycles. The van der Waals surface area contributed by atoms with Crippen molar-refractivity contribution in [1.82, 2.24) is 25.2 Å². The Morgan fingerprint density at radius 1 is 1.42 bits per heavy atom. The molecule has 1 aromatic heterocycles. The topological polar surface area (TPSA) is 66.2 Å². The van der Waals surface area contributed by atoms with Crippen molar-refractivity contribution in [3.05, 3.63) is 11.9 Å². The summed E-state index contributed by atoms with van der Waals surface area (Å²) in [5, 5.41) is 20.1. The van der Waals surface area contributed by atoms with E-state index in [0.717, 1.165) is 25.3 Å². The highest BCUT2D eigenvalue weighted by atomic mass is 16.3. The number of aliphatic hydroxyl groups excluding tert-OH is 1. The van der Waals surface area contributed by atoms with Crippen LogP contribution >= 0.6 is 0 Å². The molecule has 2 N–H and O–H groups in total. The molecule has 6 nitrogen and oxygen atoms in total. The lowest BCUT2D eigenvalue weighted by Crippen LogP contribution is -2.27. The van der Waals surface area contributed by atoms with Gasteiger partial charge in [0.1, 0.15) is 0 Å². The normalized spacial score (nSPS) is 11.7. The molecule has 0 aliphatic carbocycles. The van der Waals surface area contributed by atoms with Crippen LogP contribution in [0.15, 0.2) is 6.20 Å². The summed E-state index contributed by atoms with van der Waals surface area (Å²) < 4.78 is 1.66. The molecule has 0 saturated carbocycles. The molecule has 0 amide bonds. The Labute approximate surface area is 115 Å². The highest BCUT2D eigenvalue weighted by Gasteiger charge is 2.02. The van der Waals surface area contributed by atoms with Crippen LogP contribution in [0.5, 0.6) is 0 Å². The van der Waals surface area contributed by atoms with Gasteiger partial charge in [-0.25, -0.2) is 4.68 Å². The first-order valence-electron chi connectivity index (χ1n) is 7.04. The fourth-order valence-corrected chi connectivity index (χ4v) is 1.72. The van der Waals surface area contributed by atoms with Gasteiger partial charge in [-0.05, 0) is 46.8 Å². The zero-order valence-electron chi connectivity index (χ0n) is 12.3. The molecule has 19 heavy (non-hydrogen) atoms. The lowest BCUT2D eigenvalue weighted by Gasteiger charge is -2.20. The van der Waals surface area contributed by atoms with E-state index in [-0.39, 0.29) is 6.61 Å². The van der Waals surface area contributed by atoms with E-state index in [4.69, 9.17) is 5.11 Å². The van der Waals surface area contributed by atoms with Gasteiger partial charge in [-0.15, -0.1) is 5.10 Å². The number of rotatable bonds is 10. The second-order valence-corrected chi connectivity index (χ2v) is 5.15. The lowest BCUT2D eigenvalue weighted by molar-refractivity contribution is 0.268. The van der Waals surface area contributed by atoms with Crippen molar-refractivity contribution in [3.63, 3.8) is 0 Å². The number of aliphatic hydroxyl groups is 1. The molecule has 0 aliphatic rings. The third-order valence-corrected chi connectivity index (χ3v) is 3.22. The van der Waals surface area contributed by atoms with Crippen LogP contribution in [0.25, 0.3) is 0 Å². The van der Waals surface area contributed by atoms with Crippen molar-refractivity contribution in [2.45, 2.75) is 45.8 Å². The minimum absolute atomic E-state index is 0.0968. The molecular formula is C13H27N5O. The van der Waals surface area contributed by atoms with Gasteiger partial charge >= 0.3 is 0 Å². The molecule has 0 unspecified atom stereocenters. The lowest BCUT2D eigenvalue weighted by atomic mass is 10.2. The van der Waals surface area contributed by atoms with Gasteiger partial charge in [0.15, 0.2) is 0 Å². The first-order valence-corrected chi connectivity index (χ1v) is 7.04. The quantitative estimate of drug-likeness (QED) is 0.605. The Morgan fingerprint density at radius 2 is 2.21 bits per heavy atom. The number of unbranched alkanes of at least 4 members (excludes halogenated alkanes) is 1. The van der Waals surface area contributed by atoms with Crippen LogP contribution in [-0.2, 0) is 13.1 Å². The predicted molar refractivity (Wildman–Crippen MR) is 75.8 cm³/mol. The van der Waals surface area contributed by atoms with Crippen LogP contribution in [0.1, 0.15) is 32.4 Å². The van der Waals surface area contributed by atoms with Crippen molar-refractivity contribution in [3.8, 4) is 0 Å². The van der Waals surface area contributed by atoms with Gasteiger partial charge in [-0.1, -0.05) is 5.21 Å². The van der Waals surface area contributed by atoms with E-state index in [0.29, 0.717) is 12.6 Å². The maximum atomic E-state index is 8.78. The zero-order valence-corrected chi connectivity index (χ0v) is 12.3. The molecular weight excluding hydrogens is 242 g/mol. The van der Waals surface area contributed by atoms with E-state index in [1.807, 2.05) is 6.20 Å². The molecule has 0 aliphatic heterocycles. The fourth-order valence-electron chi connectivity index (χ4n) is 1.72. The van der Waals surface area contributed by atoms with Gasteiger partial charge in [-0.2, -0.15) is 0 Å². The Balaban J connectivity index is 2.04. The van der Waals surface area contributed by atoms with E-state index in [1.54, 1.807) is 4.68 Å². The van der Waals surface area contributed by atoms with Crippen LogP contribution in [0.2, 0.25) is 0 Å². The van der Waals surface area contributed by atoms with Crippen molar-refractivity contribution in [2.24, 2.45) is 0 Å². The Bertz CT molecular complexity index is 340. The fraction of sp³-hybridized carbons (Fsp3) is 0.846. The van der Waals surface area contributed by atoms with Crippen LogP contribution in [0.3, 0.4) is 0 Å². The maximum absolute atomic E-state index is 8.78. The third kappa shape index (κ3) is 6.66. The predicted octanol–water partition coefficient (Wildman–Crippen LogP) is 0.480. The van der Waals surface area contributed by atoms with Crippen molar-refractivity contribution in [1.29, 1.82) is 0 Å². The van der Waals surface area contributed by atoms with E-state index in [9.17, 15) is 0 Å². The first kappa shape index (κ1) is 16.1. The molecule has 0 saturated heterocycles. The van der Waals surface area contributed by atoms with Crippen molar-refractivity contribution >= 4 is 0 Å². The average Bonchev–Trinajstić information content (AvgIpc) is 2.81. The number of nitrogens with zero attached hydrogens (tertiary/aromatic N) is 4. The SMILES string of the molecule is CC(C)N(C)CCCCNCc1cn(CCO)nn1. The number of hydrogen-bond donors (Lipinski definition) is 2. The molecule has 0 spiro atoms. The number of aromatic nitrogens is 3. The summed E-state index contributed by atoms with van der Waals surface area (Å²) in [4.78, 5) is 2.36. The molecule has 1 aromatic rings. The molecule has 0 bridgehead atoms. The average molecular weight is 269 g/mol. The van der Waals surface area contributed by atoms with E-state index < -0.39 is 0 Å². The van der Waals surface area contributed by atoms with Crippen LogP contribution in [0.4, 0.5) is 0 Å². The van der Waals surface area contributed by atoms with Gasteiger partial charge in [0.2, 0.25) is 0 Å². The Hall–Kier alpha value is -0.980. The standard InChI is InChI=1S/C13H27N5O/c1-12(2)17(3)7-5-4-6-14-10-13-11-18(8-9-19)16-15-13/h11-12,14,19H,4-10H2,1-3H3. The van der Waals surface area contributed by atoms with Gasteiger partial charge in [0.25, 0.3) is 0 Å². The molecule has 0 fully saturated rings. The summed E-state index contributed by atoms with van der Waals surface area (Å²) >= 11 is 0. The molecule has 1 rings (SSSR count). The Morgan fingerprint density at radius 3 is 2.89 bits per heavy atom. The van der Waals surface area contributed by atoms with Gasteiger partial charge in [0.05, 0.1) is 18.8 Å². The summed E-state index contributed by atoms with van der Waals surface area (Å²) in [6.45, 7) is 7.92. The smallest absolute Gasteiger partial charge is 0.0964 e. The number of nitrogens with one attached hydrogen (secondary N) is 1. The van der Waals surface area contributed by atoms with E-state index in [1.165, 1.54) is 12.8 Å². The largest absolute Gasteiger partial charge is 0.394 e. The minimum atomic E-state index is 0.0968. The molecule has 110 valence electrons. The highest BCUT2D eigenvalue weighted by molar-refractivity contribution is 4.91. The summed E-state index contributed by atoms with van der Waals surface area (Å²) in [5.41, 5.74) is 0.924. The highest BCUT2D eigenvalue weighted by Crippen LogP contribution is 1.98. The Kier molecular flexibility index (Phi) is 7.62. The second-order valence-electron chi connectivity index (χ2n) is 5.15. The second kappa shape index (κ2) is 9.01. The number of hydrogen-bond acceptors (Lipinski definition) is 5. The van der Waals surface area contributed by atoms with Gasteiger partial charge in [-0.3, -0.25) is 0 Å². The first-order chi connectivity index (χ1) is 9.13. The van der Waals surface area contributed by atoms with Crippen molar-refractivity contribution < 1.29 is 5.11 Å². The van der Waals surface area contributed by atoms with E-state index >= 15 is 0 Å². The molecule has 6 heteroatoms. The van der Waals surface area contributed by atoms with Gasteiger partial charge < -0.3 is 15.3 Å².